The Morgan fingerprint density at radius 1 is 1.29 bits per heavy atom. The average Bonchev–Trinajstić information content (AvgIpc) is 2.55. The van der Waals surface area contributed by atoms with Crippen molar-refractivity contribution in [3.8, 4) is 0 Å². The summed E-state index contributed by atoms with van der Waals surface area (Å²) in [5, 5.41) is 5.65. The second-order valence-corrected chi connectivity index (χ2v) is 5.87. The highest BCUT2D eigenvalue weighted by molar-refractivity contribution is 6.31. The summed E-state index contributed by atoms with van der Waals surface area (Å²) in [4.78, 5) is 22.4. The van der Waals surface area contributed by atoms with Crippen molar-refractivity contribution in [3.05, 3.63) is 47.0 Å². The lowest BCUT2D eigenvalue weighted by atomic mass is 10.2. The van der Waals surface area contributed by atoms with Crippen LogP contribution in [-0.2, 0) is 0 Å². The molecule has 0 spiro atoms. The fourth-order valence-corrected chi connectivity index (χ4v) is 2.09. The van der Waals surface area contributed by atoms with Gasteiger partial charge >= 0.3 is 0 Å². The van der Waals surface area contributed by atoms with Gasteiger partial charge in [-0.2, -0.15) is 0 Å². The Morgan fingerprint density at radius 3 is 2.62 bits per heavy atom. The molecule has 2 aromatic rings. The Morgan fingerprint density at radius 2 is 2.00 bits per heavy atom. The van der Waals surface area contributed by atoms with Crippen molar-refractivity contribution < 1.29 is 9.18 Å². The molecule has 0 saturated heterocycles. The van der Waals surface area contributed by atoms with Gasteiger partial charge in [-0.1, -0.05) is 11.6 Å². The Bertz CT molecular complexity index is 693. The highest BCUT2D eigenvalue weighted by Gasteiger charge is 2.09. The number of nitrogens with zero attached hydrogens (tertiary/aromatic N) is 3. The molecule has 0 aliphatic heterocycles. The summed E-state index contributed by atoms with van der Waals surface area (Å²) < 4.78 is 13.1. The Hall–Kier alpha value is -2.25. The van der Waals surface area contributed by atoms with Crippen LogP contribution in [0.3, 0.4) is 0 Å². The predicted molar refractivity (Wildman–Crippen MR) is 93.1 cm³/mol. The number of nitrogens with one attached hydrogen (secondary N) is 2. The largest absolute Gasteiger partial charge is 0.354 e. The van der Waals surface area contributed by atoms with Crippen LogP contribution in [0.1, 0.15) is 16.8 Å². The third-order valence-electron chi connectivity index (χ3n) is 3.16. The number of hydrogen-bond acceptors (Lipinski definition) is 5. The van der Waals surface area contributed by atoms with Crippen LogP contribution in [0.5, 0.6) is 0 Å². The van der Waals surface area contributed by atoms with Gasteiger partial charge in [0.25, 0.3) is 5.91 Å². The minimum absolute atomic E-state index is 0.0543. The van der Waals surface area contributed by atoms with Crippen molar-refractivity contribution in [2.75, 3.05) is 37.8 Å². The molecular formula is C16H19ClFN5O. The number of carbonyl (C=O) groups excluding carboxylic acids is 1. The number of amides is 1. The first-order chi connectivity index (χ1) is 11.5. The summed E-state index contributed by atoms with van der Waals surface area (Å²) >= 11 is 5.68. The fourth-order valence-electron chi connectivity index (χ4n) is 1.91. The molecule has 0 aliphatic carbocycles. The monoisotopic (exact) mass is 351 g/mol. The average molecular weight is 352 g/mol. The minimum atomic E-state index is -0.539. The lowest BCUT2D eigenvalue weighted by Gasteiger charge is -2.10. The molecule has 1 aromatic carbocycles. The second kappa shape index (κ2) is 8.56. The van der Waals surface area contributed by atoms with Crippen LogP contribution in [0.25, 0.3) is 0 Å². The highest BCUT2D eigenvalue weighted by Crippen LogP contribution is 2.19. The zero-order valence-electron chi connectivity index (χ0n) is 13.5. The van der Waals surface area contributed by atoms with E-state index in [1.165, 1.54) is 30.6 Å². The lowest BCUT2D eigenvalue weighted by molar-refractivity contribution is 0.102. The van der Waals surface area contributed by atoms with E-state index in [1.54, 1.807) is 0 Å². The van der Waals surface area contributed by atoms with Gasteiger partial charge in [-0.05, 0) is 45.3 Å². The molecule has 128 valence electrons. The molecular weight excluding hydrogens is 333 g/mol. The van der Waals surface area contributed by atoms with Crippen LogP contribution in [0.15, 0.2) is 30.6 Å². The first-order valence-electron chi connectivity index (χ1n) is 7.43. The summed E-state index contributed by atoms with van der Waals surface area (Å²) in [7, 11) is 4.02. The number of halogens is 2. The summed E-state index contributed by atoms with van der Waals surface area (Å²) in [5.41, 5.74) is 0.701. The van der Waals surface area contributed by atoms with E-state index in [1.807, 2.05) is 14.1 Å². The molecule has 1 amide bonds. The zero-order valence-corrected chi connectivity index (χ0v) is 14.3. The number of aromatic nitrogens is 2. The first kappa shape index (κ1) is 18.1. The van der Waals surface area contributed by atoms with Crippen LogP contribution >= 0.6 is 11.6 Å². The van der Waals surface area contributed by atoms with Crippen LogP contribution in [0, 0.1) is 5.82 Å². The summed E-state index contributed by atoms with van der Waals surface area (Å²) in [6.45, 7) is 1.71. The van der Waals surface area contributed by atoms with E-state index in [0.717, 1.165) is 19.5 Å². The highest BCUT2D eigenvalue weighted by atomic mass is 35.5. The molecule has 0 aliphatic rings. The summed E-state index contributed by atoms with van der Waals surface area (Å²) in [5.74, 6) is -0.463. The molecule has 1 heterocycles. The van der Waals surface area contributed by atoms with Gasteiger partial charge in [0, 0.05) is 24.6 Å². The van der Waals surface area contributed by atoms with Gasteiger partial charge in [-0.3, -0.25) is 4.79 Å². The first-order valence-corrected chi connectivity index (χ1v) is 7.80. The maximum absolute atomic E-state index is 13.1. The van der Waals surface area contributed by atoms with E-state index >= 15 is 0 Å². The maximum Gasteiger partial charge on any atom is 0.258 e. The molecule has 0 fully saturated rings. The molecule has 8 heteroatoms. The van der Waals surface area contributed by atoms with Gasteiger partial charge in [0.2, 0.25) is 5.95 Å². The number of benzene rings is 1. The van der Waals surface area contributed by atoms with Gasteiger partial charge in [-0.25, -0.2) is 14.4 Å². The third-order valence-corrected chi connectivity index (χ3v) is 3.45. The van der Waals surface area contributed by atoms with E-state index in [9.17, 15) is 9.18 Å². The predicted octanol–water partition coefficient (Wildman–Crippen LogP) is 2.89. The van der Waals surface area contributed by atoms with Gasteiger partial charge in [-0.15, -0.1) is 0 Å². The number of rotatable bonds is 7. The van der Waals surface area contributed by atoms with Gasteiger partial charge in [0.15, 0.2) is 0 Å². The van der Waals surface area contributed by atoms with Crippen LogP contribution in [0.4, 0.5) is 16.0 Å². The second-order valence-electron chi connectivity index (χ2n) is 5.46. The Labute approximate surface area is 145 Å². The fraction of sp³-hybridized carbons (Fsp3) is 0.312. The van der Waals surface area contributed by atoms with Crippen LogP contribution in [0.2, 0.25) is 5.02 Å². The van der Waals surface area contributed by atoms with Crippen molar-refractivity contribution in [2.45, 2.75) is 6.42 Å². The van der Waals surface area contributed by atoms with E-state index in [2.05, 4.69) is 25.5 Å². The molecule has 6 nitrogen and oxygen atoms in total. The molecule has 0 saturated carbocycles. The minimum Gasteiger partial charge on any atom is -0.354 e. The quantitative estimate of drug-likeness (QED) is 0.751. The third kappa shape index (κ3) is 5.43. The van der Waals surface area contributed by atoms with Crippen molar-refractivity contribution in [3.63, 3.8) is 0 Å². The molecule has 0 unspecified atom stereocenters. The van der Waals surface area contributed by atoms with E-state index in [4.69, 9.17) is 11.6 Å². The molecule has 0 atom stereocenters. The SMILES string of the molecule is CN(C)CCCNc1ncc(C(=O)Nc2ccc(F)c(Cl)c2)cn1. The Balaban J connectivity index is 1.89. The number of anilines is 2. The normalized spacial score (nSPS) is 10.7. The molecule has 24 heavy (non-hydrogen) atoms. The maximum atomic E-state index is 13.1. The summed E-state index contributed by atoms with van der Waals surface area (Å²) in [6.07, 6.45) is 3.83. The van der Waals surface area contributed by atoms with Crippen LogP contribution < -0.4 is 10.6 Å². The standard InChI is InChI=1S/C16H19ClFN5O/c1-23(2)7-3-6-19-16-20-9-11(10-21-16)15(24)22-12-4-5-14(18)13(17)8-12/h4-5,8-10H,3,6-7H2,1-2H3,(H,22,24)(H,19,20,21). The van der Waals surface area contributed by atoms with E-state index < -0.39 is 11.7 Å². The van der Waals surface area contributed by atoms with Gasteiger partial charge in [0.05, 0.1) is 10.6 Å². The smallest absolute Gasteiger partial charge is 0.258 e. The van der Waals surface area contributed by atoms with Crippen LogP contribution in [-0.4, -0.2) is 48.0 Å². The Kier molecular flexibility index (Phi) is 6.45. The van der Waals surface area contributed by atoms with Crippen molar-refractivity contribution in [1.82, 2.24) is 14.9 Å². The molecule has 0 radical (unpaired) electrons. The van der Waals surface area contributed by atoms with E-state index in [-0.39, 0.29) is 5.02 Å². The topological polar surface area (TPSA) is 70.2 Å². The van der Waals surface area contributed by atoms with Crippen molar-refractivity contribution in [2.24, 2.45) is 0 Å². The molecule has 0 bridgehead atoms. The zero-order chi connectivity index (χ0) is 17.5. The van der Waals surface area contributed by atoms with Crippen molar-refractivity contribution >= 4 is 29.1 Å². The molecule has 2 N–H and O–H groups in total. The van der Waals surface area contributed by atoms with Gasteiger partial charge < -0.3 is 15.5 Å². The van der Waals surface area contributed by atoms with E-state index in [0.29, 0.717) is 17.2 Å². The van der Waals surface area contributed by atoms with Crippen molar-refractivity contribution in [1.29, 1.82) is 0 Å². The molecule has 2 rings (SSSR count). The van der Waals surface area contributed by atoms with Gasteiger partial charge in [0.1, 0.15) is 5.82 Å². The number of hydrogen-bond donors (Lipinski definition) is 2. The lowest BCUT2D eigenvalue weighted by Crippen LogP contribution is -2.17. The molecule has 1 aromatic heterocycles. The number of carbonyl (C=O) groups is 1. The summed E-state index contributed by atoms with van der Waals surface area (Å²) in [6, 6.07) is 3.96.